The van der Waals surface area contributed by atoms with E-state index in [-0.39, 0.29) is 0 Å². The Hall–Kier alpha value is -1.89. The van der Waals surface area contributed by atoms with Crippen LogP contribution in [0, 0.1) is 5.92 Å². The van der Waals surface area contributed by atoms with Gasteiger partial charge in [-0.05, 0) is 87.0 Å². The average molecular weight is 426 g/mol. The molecule has 2 atom stereocenters. The fourth-order valence-electron chi connectivity index (χ4n) is 4.98. The van der Waals surface area contributed by atoms with Crippen molar-refractivity contribution in [2.45, 2.75) is 49.0 Å². The standard InChI is InChI=1S/C24H31N3O2S/c28-30(29,21-6-2-1-3-7-21)27-14-4-5-20-15-19(8-9-24(20)27)22-16-23(22)26-17-18-10-12-25-13-11-18/h1-3,6-9,15,18,22-23,25-26H,4-5,10-14,16-17H2/t22-,23+/m0/s1. The molecule has 5 nitrogen and oxygen atoms in total. The van der Waals surface area contributed by atoms with Crippen molar-refractivity contribution in [1.29, 1.82) is 0 Å². The maximum Gasteiger partial charge on any atom is 0.264 e. The van der Waals surface area contributed by atoms with Crippen LogP contribution in [0.2, 0.25) is 0 Å². The number of benzene rings is 2. The van der Waals surface area contributed by atoms with E-state index >= 15 is 0 Å². The van der Waals surface area contributed by atoms with Gasteiger partial charge in [-0.25, -0.2) is 8.42 Å². The summed E-state index contributed by atoms with van der Waals surface area (Å²) >= 11 is 0. The van der Waals surface area contributed by atoms with Crippen molar-refractivity contribution in [3.8, 4) is 0 Å². The quantitative estimate of drug-likeness (QED) is 0.746. The Morgan fingerprint density at radius 1 is 1.07 bits per heavy atom. The molecule has 2 N–H and O–H groups in total. The third kappa shape index (κ3) is 4.01. The van der Waals surface area contributed by atoms with Gasteiger partial charge in [-0.2, -0.15) is 0 Å². The van der Waals surface area contributed by atoms with Crippen LogP contribution in [0.25, 0.3) is 0 Å². The van der Waals surface area contributed by atoms with Crippen LogP contribution >= 0.6 is 0 Å². The number of hydrogen-bond acceptors (Lipinski definition) is 4. The first kappa shape index (κ1) is 20.0. The van der Waals surface area contributed by atoms with Crippen molar-refractivity contribution in [3.63, 3.8) is 0 Å². The van der Waals surface area contributed by atoms with E-state index in [2.05, 4.69) is 22.8 Å². The third-order valence-electron chi connectivity index (χ3n) is 6.86. The predicted molar refractivity (Wildman–Crippen MR) is 120 cm³/mol. The van der Waals surface area contributed by atoms with Gasteiger partial charge < -0.3 is 10.6 Å². The Bertz CT molecular complexity index is 987. The smallest absolute Gasteiger partial charge is 0.264 e. The Kier molecular flexibility index (Phi) is 5.56. The molecule has 2 heterocycles. The number of piperidine rings is 1. The van der Waals surface area contributed by atoms with Crippen molar-refractivity contribution in [2.24, 2.45) is 5.92 Å². The molecule has 0 unspecified atom stereocenters. The van der Waals surface area contributed by atoms with Gasteiger partial charge in [0.05, 0.1) is 10.6 Å². The molecule has 2 fully saturated rings. The second-order valence-electron chi connectivity index (χ2n) is 8.93. The molecular formula is C24H31N3O2S. The molecule has 1 aliphatic carbocycles. The van der Waals surface area contributed by atoms with Gasteiger partial charge in [0, 0.05) is 18.5 Å². The second-order valence-corrected chi connectivity index (χ2v) is 10.8. The number of anilines is 1. The zero-order valence-corrected chi connectivity index (χ0v) is 18.2. The molecule has 5 rings (SSSR count). The Morgan fingerprint density at radius 2 is 1.87 bits per heavy atom. The minimum atomic E-state index is -3.51. The lowest BCUT2D eigenvalue weighted by atomic mass is 9.97. The molecule has 2 aromatic carbocycles. The minimum Gasteiger partial charge on any atom is -0.317 e. The zero-order chi connectivity index (χ0) is 20.6. The van der Waals surface area contributed by atoms with Gasteiger partial charge in [-0.15, -0.1) is 0 Å². The van der Waals surface area contributed by atoms with Crippen LogP contribution in [0.3, 0.4) is 0 Å². The van der Waals surface area contributed by atoms with Crippen molar-refractivity contribution in [1.82, 2.24) is 10.6 Å². The second kappa shape index (κ2) is 8.33. The number of rotatable bonds is 6. The summed E-state index contributed by atoms with van der Waals surface area (Å²) < 4.78 is 28.0. The number of fused-ring (bicyclic) bond motifs is 1. The topological polar surface area (TPSA) is 61.4 Å². The summed E-state index contributed by atoms with van der Waals surface area (Å²) in [5.41, 5.74) is 3.38. The van der Waals surface area contributed by atoms with Gasteiger partial charge in [0.25, 0.3) is 10.0 Å². The molecule has 1 saturated heterocycles. The fourth-order valence-corrected chi connectivity index (χ4v) is 6.54. The van der Waals surface area contributed by atoms with Gasteiger partial charge in [-0.1, -0.05) is 30.3 Å². The number of nitrogens with zero attached hydrogens (tertiary/aromatic N) is 1. The average Bonchev–Trinajstić information content (AvgIpc) is 3.58. The zero-order valence-electron chi connectivity index (χ0n) is 17.4. The van der Waals surface area contributed by atoms with E-state index in [0.717, 1.165) is 44.1 Å². The van der Waals surface area contributed by atoms with Crippen LogP contribution in [0.5, 0.6) is 0 Å². The van der Waals surface area contributed by atoms with E-state index < -0.39 is 10.0 Å². The molecule has 0 aromatic heterocycles. The SMILES string of the molecule is O=S(=O)(c1ccccc1)N1CCCc2cc([C@@H]3C[C@H]3NCC3CCNCC3)ccc21. The van der Waals surface area contributed by atoms with Crippen LogP contribution in [0.15, 0.2) is 53.4 Å². The lowest BCUT2D eigenvalue weighted by molar-refractivity contribution is 0.355. The van der Waals surface area contributed by atoms with Gasteiger partial charge >= 0.3 is 0 Å². The molecule has 1 saturated carbocycles. The molecule has 0 radical (unpaired) electrons. The summed E-state index contributed by atoms with van der Waals surface area (Å²) in [4.78, 5) is 0.367. The summed E-state index contributed by atoms with van der Waals surface area (Å²) in [6.07, 6.45) is 5.55. The largest absolute Gasteiger partial charge is 0.317 e. The summed E-state index contributed by atoms with van der Waals surface area (Å²) in [5, 5.41) is 7.21. The van der Waals surface area contributed by atoms with Crippen LogP contribution in [-0.4, -0.2) is 40.6 Å². The van der Waals surface area contributed by atoms with Crippen LogP contribution in [0.4, 0.5) is 5.69 Å². The first-order valence-corrected chi connectivity index (χ1v) is 12.7. The van der Waals surface area contributed by atoms with E-state index in [1.807, 2.05) is 12.1 Å². The number of nitrogens with one attached hydrogen (secondary N) is 2. The highest BCUT2D eigenvalue weighted by Gasteiger charge is 2.39. The Morgan fingerprint density at radius 3 is 2.67 bits per heavy atom. The van der Waals surface area contributed by atoms with Crippen LogP contribution in [-0.2, 0) is 16.4 Å². The summed E-state index contributed by atoms with van der Waals surface area (Å²) in [7, 11) is -3.51. The molecule has 160 valence electrons. The Balaban J connectivity index is 1.29. The molecule has 0 bridgehead atoms. The number of sulfonamides is 1. The lowest BCUT2D eigenvalue weighted by Crippen LogP contribution is -2.35. The number of hydrogen-bond donors (Lipinski definition) is 2. The minimum absolute atomic E-state index is 0.367. The molecule has 30 heavy (non-hydrogen) atoms. The van der Waals surface area contributed by atoms with E-state index in [4.69, 9.17) is 0 Å². The van der Waals surface area contributed by atoms with Crippen molar-refractivity contribution in [2.75, 3.05) is 30.5 Å². The van der Waals surface area contributed by atoms with Crippen LogP contribution < -0.4 is 14.9 Å². The summed E-state index contributed by atoms with van der Waals surface area (Å²) in [6.45, 7) is 3.96. The highest BCUT2D eigenvalue weighted by molar-refractivity contribution is 7.92. The van der Waals surface area contributed by atoms with Crippen LogP contribution in [0.1, 0.15) is 42.7 Å². The van der Waals surface area contributed by atoms with Crippen molar-refractivity contribution < 1.29 is 8.42 Å². The molecule has 2 aliphatic heterocycles. The van der Waals surface area contributed by atoms with E-state index in [0.29, 0.717) is 23.4 Å². The van der Waals surface area contributed by atoms with Gasteiger partial charge in [0.1, 0.15) is 0 Å². The molecule has 3 aliphatic rings. The molecule has 6 heteroatoms. The molecule has 2 aromatic rings. The van der Waals surface area contributed by atoms with Gasteiger partial charge in [0.2, 0.25) is 0 Å². The first-order valence-electron chi connectivity index (χ1n) is 11.3. The summed E-state index contributed by atoms with van der Waals surface area (Å²) in [6, 6.07) is 15.8. The maximum absolute atomic E-state index is 13.2. The Labute approximate surface area is 179 Å². The van der Waals surface area contributed by atoms with Crippen molar-refractivity contribution in [3.05, 3.63) is 59.7 Å². The van der Waals surface area contributed by atoms with E-state index in [9.17, 15) is 8.42 Å². The lowest BCUT2D eigenvalue weighted by Gasteiger charge is -2.31. The number of aryl methyl sites for hydroxylation is 1. The highest BCUT2D eigenvalue weighted by atomic mass is 32.2. The van der Waals surface area contributed by atoms with Gasteiger partial charge in [0.15, 0.2) is 0 Å². The third-order valence-corrected chi connectivity index (χ3v) is 8.68. The molecule has 0 spiro atoms. The molecular weight excluding hydrogens is 394 g/mol. The first-order chi connectivity index (χ1) is 14.6. The monoisotopic (exact) mass is 425 g/mol. The normalized spacial score (nSPS) is 24.5. The molecule has 0 amide bonds. The maximum atomic E-state index is 13.2. The summed E-state index contributed by atoms with van der Waals surface area (Å²) in [5.74, 6) is 1.37. The van der Waals surface area contributed by atoms with Crippen molar-refractivity contribution >= 4 is 15.7 Å². The van der Waals surface area contributed by atoms with E-state index in [1.54, 1.807) is 28.6 Å². The van der Waals surface area contributed by atoms with Gasteiger partial charge in [-0.3, -0.25) is 4.31 Å². The highest BCUT2D eigenvalue weighted by Crippen LogP contribution is 2.43. The van der Waals surface area contributed by atoms with E-state index in [1.165, 1.54) is 30.4 Å². The fraction of sp³-hybridized carbons (Fsp3) is 0.500. The predicted octanol–water partition coefficient (Wildman–Crippen LogP) is 3.27.